The number of ether oxygens (including phenoxy) is 3. The highest BCUT2D eigenvalue weighted by atomic mass is 16.5. The molecule has 0 spiro atoms. The number of hydrogen-bond donors (Lipinski definition) is 2. The number of hydrazine groups is 1. The van der Waals surface area contributed by atoms with E-state index in [9.17, 15) is 4.79 Å². The van der Waals surface area contributed by atoms with Crippen LogP contribution in [0.15, 0.2) is 43.2 Å². The summed E-state index contributed by atoms with van der Waals surface area (Å²) < 4.78 is 15.9. The molecule has 2 N–H and O–H groups in total. The molecule has 7 nitrogen and oxygen atoms in total. The third-order valence-corrected chi connectivity index (χ3v) is 3.28. The maximum absolute atomic E-state index is 12.0. The molecule has 0 saturated heterocycles. The molecule has 0 aliphatic rings. The van der Waals surface area contributed by atoms with Crippen molar-refractivity contribution in [1.29, 1.82) is 0 Å². The topological polar surface area (TPSA) is 81.7 Å². The number of carbonyl (C=O) groups is 1. The minimum atomic E-state index is -0.300. The number of nitrogens with one attached hydrogen (secondary N) is 2. The number of benzene rings is 1. The van der Waals surface area contributed by atoms with E-state index in [0.717, 1.165) is 0 Å². The van der Waals surface area contributed by atoms with Gasteiger partial charge >= 0.3 is 0 Å². The number of aromatic nitrogens is 1. The summed E-state index contributed by atoms with van der Waals surface area (Å²) in [6.45, 7) is 3.91. The van der Waals surface area contributed by atoms with E-state index in [2.05, 4.69) is 22.4 Å². The van der Waals surface area contributed by atoms with Gasteiger partial charge in [-0.25, -0.2) is 0 Å². The Morgan fingerprint density at radius 2 is 1.54 bits per heavy atom. The van der Waals surface area contributed by atoms with Gasteiger partial charge in [-0.15, -0.1) is 0 Å². The third kappa shape index (κ3) is 3.75. The molecule has 126 valence electrons. The van der Waals surface area contributed by atoms with Crippen LogP contribution in [0.4, 0.5) is 0 Å². The predicted octanol–water partition coefficient (Wildman–Crippen LogP) is 2.01. The summed E-state index contributed by atoms with van der Waals surface area (Å²) in [7, 11) is 4.59. The third-order valence-electron chi connectivity index (χ3n) is 3.28. The normalized spacial score (nSPS) is 9.79. The van der Waals surface area contributed by atoms with Crippen molar-refractivity contribution in [3.8, 4) is 17.2 Å². The number of pyridine rings is 1. The van der Waals surface area contributed by atoms with Gasteiger partial charge in [-0.05, 0) is 24.3 Å². The molecule has 0 unspecified atom stereocenters. The number of carbonyl (C=O) groups excluding carboxylic acids is 1. The Balaban J connectivity index is 2.13. The lowest BCUT2D eigenvalue weighted by Gasteiger charge is -2.16. The molecule has 0 aliphatic heterocycles. The van der Waals surface area contributed by atoms with Crippen LogP contribution in [0.5, 0.6) is 17.2 Å². The van der Waals surface area contributed by atoms with Crippen molar-refractivity contribution in [2.24, 2.45) is 0 Å². The molecule has 0 saturated carbocycles. The van der Waals surface area contributed by atoms with Crippen LogP contribution >= 0.6 is 0 Å². The fourth-order valence-electron chi connectivity index (χ4n) is 2.04. The molecule has 1 heterocycles. The van der Waals surface area contributed by atoms with Crippen LogP contribution in [0.3, 0.4) is 0 Å². The second-order valence-corrected chi connectivity index (χ2v) is 4.71. The van der Waals surface area contributed by atoms with Crippen LogP contribution in [-0.2, 0) is 0 Å². The monoisotopic (exact) mass is 329 g/mol. The van der Waals surface area contributed by atoms with Gasteiger partial charge in [-0.1, -0.05) is 6.58 Å². The van der Waals surface area contributed by atoms with E-state index >= 15 is 0 Å². The van der Waals surface area contributed by atoms with E-state index in [-0.39, 0.29) is 5.91 Å². The number of amides is 1. The van der Waals surface area contributed by atoms with E-state index in [1.165, 1.54) is 21.3 Å². The van der Waals surface area contributed by atoms with Gasteiger partial charge in [-0.3, -0.25) is 20.6 Å². The Hall–Kier alpha value is -3.22. The summed E-state index contributed by atoms with van der Waals surface area (Å²) in [5.41, 5.74) is 6.97. The Labute approximate surface area is 140 Å². The lowest BCUT2D eigenvalue weighted by Crippen LogP contribution is -2.35. The van der Waals surface area contributed by atoms with E-state index < -0.39 is 0 Å². The Morgan fingerprint density at radius 3 is 2.04 bits per heavy atom. The van der Waals surface area contributed by atoms with Crippen LogP contribution in [0.1, 0.15) is 15.9 Å². The molecule has 0 bridgehead atoms. The first kappa shape index (κ1) is 17.1. The number of hydrogen-bond acceptors (Lipinski definition) is 6. The maximum Gasteiger partial charge on any atom is 0.269 e. The van der Waals surface area contributed by atoms with Gasteiger partial charge in [0.05, 0.1) is 27.0 Å². The molecule has 2 rings (SSSR count). The van der Waals surface area contributed by atoms with Crippen LogP contribution in [-0.4, -0.2) is 32.2 Å². The lowest BCUT2D eigenvalue weighted by molar-refractivity contribution is 0.0942. The first-order valence-corrected chi connectivity index (χ1v) is 7.06. The van der Waals surface area contributed by atoms with E-state index in [4.69, 9.17) is 14.2 Å². The van der Waals surface area contributed by atoms with Gasteiger partial charge < -0.3 is 14.2 Å². The van der Waals surface area contributed by atoms with Gasteiger partial charge in [0.25, 0.3) is 5.91 Å². The zero-order chi connectivity index (χ0) is 17.5. The van der Waals surface area contributed by atoms with Gasteiger partial charge in [0.2, 0.25) is 5.75 Å². The molecule has 0 aliphatic carbocycles. The second kappa shape index (κ2) is 7.87. The first-order valence-electron chi connectivity index (χ1n) is 7.06. The molecule has 1 amide bonds. The highest BCUT2D eigenvalue weighted by molar-refractivity contribution is 5.94. The van der Waals surface area contributed by atoms with Crippen LogP contribution in [0, 0.1) is 0 Å². The highest BCUT2D eigenvalue weighted by Crippen LogP contribution is 2.39. The van der Waals surface area contributed by atoms with Crippen molar-refractivity contribution < 1.29 is 19.0 Å². The molecule has 0 radical (unpaired) electrons. The molecular formula is C17H19N3O4. The quantitative estimate of drug-likeness (QED) is 0.756. The largest absolute Gasteiger partial charge is 0.493 e. The Bertz CT molecular complexity index is 707. The van der Waals surface area contributed by atoms with Crippen LogP contribution in [0.25, 0.3) is 5.70 Å². The lowest BCUT2D eigenvalue weighted by atomic mass is 10.1. The fourth-order valence-corrected chi connectivity index (χ4v) is 2.04. The summed E-state index contributed by atoms with van der Waals surface area (Å²) in [6, 6.07) is 6.68. The van der Waals surface area contributed by atoms with E-state index in [1.807, 2.05) is 0 Å². The zero-order valence-electron chi connectivity index (χ0n) is 13.8. The fraction of sp³-hybridized carbons (Fsp3) is 0.176. The summed E-state index contributed by atoms with van der Waals surface area (Å²) in [5, 5.41) is 0. The molecule has 24 heavy (non-hydrogen) atoms. The minimum Gasteiger partial charge on any atom is -0.493 e. The second-order valence-electron chi connectivity index (χ2n) is 4.71. The summed E-state index contributed by atoms with van der Waals surface area (Å²) in [5.74, 6) is 1.17. The minimum absolute atomic E-state index is 0.300. The standard InChI is InChI=1S/C17H19N3O4/c1-11(19-20-17(21)12-5-7-18-8-6-12)13-9-14(22-2)16(24-4)15(10-13)23-3/h5-10,19H,1H2,2-4H3,(H,20,21). The first-order chi connectivity index (χ1) is 11.6. The highest BCUT2D eigenvalue weighted by Gasteiger charge is 2.15. The van der Waals surface area contributed by atoms with Crippen molar-refractivity contribution in [3.05, 3.63) is 54.4 Å². The predicted molar refractivity (Wildman–Crippen MR) is 90.0 cm³/mol. The van der Waals surface area contributed by atoms with Gasteiger partial charge in [0.15, 0.2) is 11.5 Å². The molecule has 1 aromatic heterocycles. The van der Waals surface area contributed by atoms with Crippen molar-refractivity contribution in [2.45, 2.75) is 0 Å². The molecule has 1 aromatic carbocycles. The summed E-state index contributed by atoms with van der Waals surface area (Å²) in [4.78, 5) is 15.9. The number of nitrogens with zero attached hydrogens (tertiary/aromatic N) is 1. The van der Waals surface area contributed by atoms with Crippen LogP contribution < -0.4 is 25.1 Å². The van der Waals surface area contributed by atoms with Crippen molar-refractivity contribution in [2.75, 3.05) is 21.3 Å². The molecule has 0 atom stereocenters. The molecule has 7 heteroatoms. The number of rotatable bonds is 7. The van der Waals surface area contributed by atoms with Crippen molar-refractivity contribution in [3.63, 3.8) is 0 Å². The average molecular weight is 329 g/mol. The van der Waals surface area contributed by atoms with E-state index in [0.29, 0.717) is 34.1 Å². The molecular weight excluding hydrogens is 310 g/mol. The maximum atomic E-state index is 12.0. The SMILES string of the molecule is C=C(NNC(=O)c1ccncc1)c1cc(OC)c(OC)c(OC)c1. The number of methoxy groups -OCH3 is 3. The van der Waals surface area contributed by atoms with Gasteiger partial charge in [0, 0.05) is 23.5 Å². The van der Waals surface area contributed by atoms with Crippen LogP contribution in [0.2, 0.25) is 0 Å². The van der Waals surface area contributed by atoms with Crippen molar-refractivity contribution >= 4 is 11.6 Å². The molecule has 0 fully saturated rings. The Morgan fingerprint density at radius 1 is 0.958 bits per heavy atom. The summed E-state index contributed by atoms with van der Waals surface area (Å²) >= 11 is 0. The smallest absolute Gasteiger partial charge is 0.269 e. The van der Waals surface area contributed by atoms with Gasteiger partial charge in [-0.2, -0.15) is 0 Å². The van der Waals surface area contributed by atoms with Gasteiger partial charge in [0.1, 0.15) is 0 Å². The average Bonchev–Trinajstić information content (AvgIpc) is 2.65. The zero-order valence-corrected chi connectivity index (χ0v) is 13.8. The molecule has 2 aromatic rings. The summed E-state index contributed by atoms with van der Waals surface area (Å²) in [6.07, 6.45) is 3.09. The van der Waals surface area contributed by atoms with E-state index in [1.54, 1.807) is 36.7 Å². The van der Waals surface area contributed by atoms with Crippen molar-refractivity contribution in [1.82, 2.24) is 15.8 Å². The Kier molecular flexibility index (Phi) is 5.62.